The smallest absolute Gasteiger partial charge is 0.175 e. The number of methoxy groups -OCH3 is 1. The van der Waals surface area contributed by atoms with Crippen molar-refractivity contribution < 1.29 is 4.74 Å². The van der Waals surface area contributed by atoms with Crippen molar-refractivity contribution in [1.29, 1.82) is 0 Å². The van der Waals surface area contributed by atoms with Crippen molar-refractivity contribution in [2.45, 2.75) is 6.54 Å². The number of anilines is 2. The van der Waals surface area contributed by atoms with Gasteiger partial charge in [0.25, 0.3) is 0 Å². The zero-order chi connectivity index (χ0) is 19.3. The molecule has 4 rings (SSSR count). The predicted molar refractivity (Wildman–Crippen MR) is 118 cm³/mol. The molecule has 140 valence electrons. The van der Waals surface area contributed by atoms with Gasteiger partial charge in [-0.2, -0.15) is 5.10 Å². The lowest BCUT2D eigenvalue weighted by molar-refractivity contribution is 0.414. The Bertz CT molecular complexity index is 1120. The fourth-order valence-corrected chi connectivity index (χ4v) is 3.32. The molecule has 0 saturated heterocycles. The molecule has 1 aromatic heterocycles. The van der Waals surface area contributed by atoms with Crippen molar-refractivity contribution in [3.63, 3.8) is 0 Å². The Hall–Kier alpha value is -3.38. The Labute approximate surface area is 169 Å². The van der Waals surface area contributed by atoms with Crippen molar-refractivity contribution in [1.82, 2.24) is 9.78 Å². The van der Waals surface area contributed by atoms with Gasteiger partial charge in [-0.25, -0.2) is 0 Å². The highest BCUT2D eigenvalue weighted by molar-refractivity contribution is 7.80. The van der Waals surface area contributed by atoms with Crippen LogP contribution < -0.4 is 15.4 Å². The third-order valence-corrected chi connectivity index (χ3v) is 4.61. The highest BCUT2D eigenvalue weighted by Gasteiger charge is 2.05. The van der Waals surface area contributed by atoms with E-state index in [1.54, 1.807) is 13.3 Å². The lowest BCUT2D eigenvalue weighted by atomic mass is 10.1. The molecule has 0 bridgehead atoms. The minimum Gasteiger partial charge on any atom is -0.497 e. The summed E-state index contributed by atoms with van der Waals surface area (Å²) in [5, 5.41) is 13.7. The van der Waals surface area contributed by atoms with E-state index in [9.17, 15) is 0 Å². The molecular formula is C22H20N4OS. The normalized spacial score (nSPS) is 10.6. The van der Waals surface area contributed by atoms with Gasteiger partial charge in [-0.15, -0.1) is 0 Å². The van der Waals surface area contributed by atoms with E-state index in [4.69, 9.17) is 17.0 Å². The van der Waals surface area contributed by atoms with E-state index in [0.717, 1.165) is 28.1 Å². The van der Waals surface area contributed by atoms with Gasteiger partial charge < -0.3 is 15.4 Å². The van der Waals surface area contributed by atoms with Crippen molar-refractivity contribution in [3.8, 4) is 5.75 Å². The zero-order valence-electron chi connectivity index (χ0n) is 15.4. The molecule has 3 aromatic carbocycles. The number of rotatable bonds is 5. The van der Waals surface area contributed by atoms with Crippen LogP contribution >= 0.6 is 12.2 Å². The standard InChI is InChI=1S/C22H20N4OS/c1-27-19-9-4-6-16(12-19)14-26-15-18(13-23-26)24-22(28)25-21-11-5-8-17-7-2-3-10-20(17)21/h2-13,15H,14H2,1H3,(H2,24,25,28). The Morgan fingerprint density at radius 1 is 1.04 bits per heavy atom. The average molecular weight is 388 g/mol. The van der Waals surface area contributed by atoms with Gasteiger partial charge in [0.1, 0.15) is 5.75 Å². The van der Waals surface area contributed by atoms with E-state index < -0.39 is 0 Å². The second-order valence-corrected chi connectivity index (χ2v) is 6.79. The summed E-state index contributed by atoms with van der Waals surface area (Å²) in [5.41, 5.74) is 2.92. The van der Waals surface area contributed by atoms with Crippen LogP contribution in [0.4, 0.5) is 11.4 Å². The van der Waals surface area contributed by atoms with Gasteiger partial charge in [-0.1, -0.05) is 48.5 Å². The zero-order valence-corrected chi connectivity index (χ0v) is 16.2. The van der Waals surface area contributed by atoms with Crippen molar-refractivity contribution >= 4 is 39.5 Å². The molecular weight excluding hydrogens is 368 g/mol. The molecule has 0 atom stereocenters. The van der Waals surface area contributed by atoms with Gasteiger partial charge in [0.05, 0.1) is 25.5 Å². The lowest BCUT2D eigenvalue weighted by Gasteiger charge is -2.11. The van der Waals surface area contributed by atoms with Gasteiger partial charge in [-0.3, -0.25) is 4.68 Å². The Kier molecular flexibility index (Phi) is 5.21. The molecule has 0 aliphatic carbocycles. The fraction of sp³-hybridized carbons (Fsp3) is 0.0909. The largest absolute Gasteiger partial charge is 0.497 e. The van der Waals surface area contributed by atoms with Crippen LogP contribution in [0.15, 0.2) is 79.1 Å². The topological polar surface area (TPSA) is 51.1 Å². The van der Waals surface area contributed by atoms with Crippen molar-refractivity contribution in [2.24, 2.45) is 0 Å². The highest BCUT2D eigenvalue weighted by atomic mass is 32.1. The molecule has 0 radical (unpaired) electrons. The third kappa shape index (κ3) is 4.13. The van der Waals surface area contributed by atoms with E-state index in [-0.39, 0.29) is 0 Å². The minimum absolute atomic E-state index is 0.525. The summed E-state index contributed by atoms with van der Waals surface area (Å²) in [6.07, 6.45) is 3.69. The number of hydrogen-bond acceptors (Lipinski definition) is 3. The first kappa shape index (κ1) is 18.0. The molecule has 0 fully saturated rings. The van der Waals surface area contributed by atoms with Crippen molar-refractivity contribution in [3.05, 3.63) is 84.7 Å². The van der Waals surface area contributed by atoms with Crippen LogP contribution in [0.2, 0.25) is 0 Å². The molecule has 2 N–H and O–H groups in total. The van der Waals surface area contributed by atoms with Gasteiger partial charge in [-0.05, 0) is 41.4 Å². The van der Waals surface area contributed by atoms with Gasteiger partial charge in [0, 0.05) is 17.3 Å². The Morgan fingerprint density at radius 3 is 2.75 bits per heavy atom. The Balaban J connectivity index is 1.42. The van der Waals surface area contributed by atoms with Gasteiger partial charge in [0.15, 0.2) is 5.11 Å². The maximum atomic E-state index is 5.48. The molecule has 0 spiro atoms. The molecule has 0 amide bonds. The highest BCUT2D eigenvalue weighted by Crippen LogP contribution is 2.23. The van der Waals surface area contributed by atoms with Crippen LogP contribution in [0.5, 0.6) is 5.75 Å². The first-order valence-corrected chi connectivity index (χ1v) is 9.33. The summed E-state index contributed by atoms with van der Waals surface area (Å²) in [6, 6.07) is 22.3. The van der Waals surface area contributed by atoms with Crippen LogP contribution in [0, 0.1) is 0 Å². The van der Waals surface area contributed by atoms with E-state index in [0.29, 0.717) is 11.7 Å². The summed E-state index contributed by atoms with van der Waals surface area (Å²) in [5.74, 6) is 0.837. The summed E-state index contributed by atoms with van der Waals surface area (Å²) >= 11 is 5.48. The number of nitrogens with zero attached hydrogens (tertiary/aromatic N) is 2. The molecule has 28 heavy (non-hydrogen) atoms. The van der Waals surface area contributed by atoms with Crippen molar-refractivity contribution in [2.75, 3.05) is 17.7 Å². The molecule has 0 aliphatic heterocycles. The number of ether oxygens (including phenoxy) is 1. The molecule has 5 nitrogen and oxygen atoms in total. The molecule has 0 saturated carbocycles. The molecule has 1 heterocycles. The number of aromatic nitrogens is 2. The maximum Gasteiger partial charge on any atom is 0.175 e. The number of thiocarbonyl (C=S) groups is 1. The van der Waals surface area contributed by atoms with Crippen LogP contribution in [0.1, 0.15) is 5.56 Å². The van der Waals surface area contributed by atoms with Crippen LogP contribution in [0.25, 0.3) is 10.8 Å². The van der Waals surface area contributed by atoms with Gasteiger partial charge in [0.2, 0.25) is 0 Å². The average Bonchev–Trinajstić information content (AvgIpc) is 3.15. The van der Waals surface area contributed by atoms with E-state index >= 15 is 0 Å². The maximum absolute atomic E-state index is 5.48. The third-order valence-electron chi connectivity index (χ3n) is 4.41. The second kappa shape index (κ2) is 8.10. The summed E-state index contributed by atoms with van der Waals surface area (Å²) in [6.45, 7) is 0.655. The van der Waals surface area contributed by atoms with Gasteiger partial charge >= 0.3 is 0 Å². The van der Waals surface area contributed by atoms with E-state index in [1.165, 1.54) is 5.39 Å². The predicted octanol–water partition coefficient (Wildman–Crippen LogP) is 4.90. The quantitative estimate of drug-likeness (QED) is 0.476. The Morgan fingerprint density at radius 2 is 1.86 bits per heavy atom. The molecule has 0 aliphatic rings. The number of nitrogens with one attached hydrogen (secondary N) is 2. The van der Waals surface area contributed by atoms with Crippen LogP contribution in [-0.4, -0.2) is 22.0 Å². The SMILES string of the molecule is COc1cccc(Cn2cc(NC(=S)Nc3cccc4ccccc34)cn2)c1. The number of hydrogen-bond donors (Lipinski definition) is 2. The minimum atomic E-state index is 0.525. The second-order valence-electron chi connectivity index (χ2n) is 6.38. The number of fused-ring (bicyclic) bond motifs is 1. The molecule has 0 unspecified atom stereocenters. The lowest BCUT2D eigenvalue weighted by Crippen LogP contribution is -2.18. The summed E-state index contributed by atoms with van der Waals surface area (Å²) in [4.78, 5) is 0. The number of benzene rings is 3. The monoisotopic (exact) mass is 388 g/mol. The summed E-state index contributed by atoms with van der Waals surface area (Å²) < 4.78 is 7.13. The fourth-order valence-electron chi connectivity index (χ4n) is 3.09. The first-order chi connectivity index (χ1) is 13.7. The van der Waals surface area contributed by atoms with Crippen LogP contribution in [-0.2, 0) is 6.54 Å². The molecule has 6 heteroatoms. The summed E-state index contributed by atoms with van der Waals surface area (Å²) in [7, 11) is 1.67. The molecule has 4 aromatic rings. The van der Waals surface area contributed by atoms with E-state index in [1.807, 2.05) is 59.4 Å². The van der Waals surface area contributed by atoms with E-state index in [2.05, 4.69) is 33.9 Å². The first-order valence-electron chi connectivity index (χ1n) is 8.92. The van der Waals surface area contributed by atoms with Crippen LogP contribution in [0.3, 0.4) is 0 Å².